The maximum atomic E-state index is 9.91. The zero-order valence-electron chi connectivity index (χ0n) is 21.7. The number of morpholine rings is 1. The summed E-state index contributed by atoms with van der Waals surface area (Å²) in [6.45, 7) is 6.70. The Morgan fingerprint density at radius 1 is 1.05 bits per heavy atom. The minimum absolute atomic E-state index is 0.194. The Morgan fingerprint density at radius 2 is 1.87 bits per heavy atom. The van der Waals surface area contributed by atoms with E-state index in [1.165, 1.54) is 0 Å². The number of anilines is 3. The van der Waals surface area contributed by atoms with Crippen LogP contribution in [0.1, 0.15) is 45.2 Å². The molecule has 6 rings (SSSR count). The van der Waals surface area contributed by atoms with Gasteiger partial charge in [-0.25, -0.2) is 9.97 Å². The molecule has 4 N–H and O–H groups in total. The highest BCUT2D eigenvalue weighted by Gasteiger charge is 2.24. The van der Waals surface area contributed by atoms with Crippen LogP contribution < -0.4 is 10.6 Å². The number of nitrogens with one attached hydrogen (secondary N) is 3. The third-order valence-corrected chi connectivity index (χ3v) is 8.08. The molecule has 0 amide bonds. The number of H-pyrrole nitrogens is 1. The van der Waals surface area contributed by atoms with Gasteiger partial charge in [0.25, 0.3) is 0 Å². The van der Waals surface area contributed by atoms with Crippen molar-refractivity contribution in [3.63, 3.8) is 0 Å². The summed E-state index contributed by atoms with van der Waals surface area (Å²) in [6, 6.07) is 8.51. The maximum Gasteiger partial charge on any atom is 0.225 e. The van der Waals surface area contributed by atoms with Crippen molar-refractivity contribution in [3.05, 3.63) is 42.4 Å². The Labute approximate surface area is 225 Å². The lowest BCUT2D eigenvalue weighted by Gasteiger charge is -2.35. The van der Waals surface area contributed by atoms with Gasteiger partial charge in [-0.05, 0) is 57.2 Å². The first kappa shape index (κ1) is 25.2. The molecule has 1 aliphatic heterocycles. The van der Waals surface area contributed by atoms with E-state index in [1.807, 2.05) is 24.5 Å². The Hall–Kier alpha value is -3.12. The normalized spacial score (nSPS) is 24.5. The first-order chi connectivity index (χ1) is 18.5. The number of hydrogen-bond donors (Lipinski definition) is 4. The largest absolute Gasteiger partial charge is 0.393 e. The number of fused-ring (bicyclic) bond motifs is 1. The number of rotatable bonds is 7. The highest BCUT2D eigenvalue weighted by atomic mass is 32.1. The summed E-state index contributed by atoms with van der Waals surface area (Å²) in [5.74, 6) is 1.33. The van der Waals surface area contributed by atoms with Crippen LogP contribution in [0, 0.1) is 0 Å². The van der Waals surface area contributed by atoms with Crippen LogP contribution in [-0.2, 0) is 11.3 Å². The van der Waals surface area contributed by atoms with Gasteiger partial charge in [-0.3, -0.25) is 10.00 Å². The SMILES string of the molecule is C[C@@H]1CN(Cc2cc(Nc3nc4ccc(-c5cn[nH]c5)cc4s3)nc(N[C@H]3CC[C@H](O)CC3)n2)C[C@H](C)O1. The smallest absolute Gasteiger partial charge is 0.225 e. The third-order valence-electron chi connectivity index (χ3n) is 7.14. The number of hydrogen-bond acceptors (Lipinski definition) is 10. The number of aromatic nitrogens is 5. The van der Waals surface area contributed by atoms with Crippen LogP contribution in [0.4, 0.5) is 16.9 Å². The zero-order chi connectivity index (χ0) is 26.1. The molecule has 10 nitrogen and oxygen atoms in total. The Balaban J connectivity index is 1.25. The maximum absolute atomic E-state index is 9.91. The van der Waals surface area contributed by atoms with E-state index in [0.29, 0.717) is 5.95 Å². The fourth-order valence-electron chi connectivity index (χ4n) is 5.43. The van der Waals surface area contributed by atoms with Gasteiger partial charge in [-0.15, -0.1) is 0 Å². The number of benzene rings is 1. The molecule has 38 heavy (non-hydrogen) atoms. The topological polar surface area (TPSA) is 124 Å². The number of ether oxygens (including phenoxy) is 1. The molecule has 0 radical (unpaired) electrons. The lowest BCUT2D eigenvalue weighted by molar-refractivity contribution is -0.0707. The van der Waals surface area contributed by atoms with Crippen molar-refractivity contribution >= 4 is 38.5 Å². The van der Waals surface area contributed by atoms with Gasteiger partial charge in [0, 0.05) is 43.5 Å². The fourth-order valence-corrected chi connectivity index (χ4v) is 6.34. The van der Waals surface area contributed by atoms with Crippen molar-refractivity contribution in [2.24, 2.45) is 0 Å². The first-order valence-electron chi connectivity index (χ1n) is 13.3. The molecule has 1 saturated carbocycles. The second-order valence-corrected chi connectivity index (χ2v) is 11.5. The second-order valence-electron chi connectivity index (χ2n) is 10.5. The molecular weight excluding hydrogens is 500 g/mol. The van der Waals surface area contributed by atoms with Crippen molar-refractivity contribution in [3.8, 4) is 11.1 Å². The van der Waals surface area contributed by atoms with Crippen LogP contribution in [-0.4, -0.2) is 72.6 Å². The van der Waals surface area contributed by atoms with Gasteiger partial charge >= 0.3 is 0 Å². The molecule has 11 heteroatoms. The highest BCUT2D eigenvalue weighted by Crippen LogP contribution is 2.32. The number of nitrogens with zero attached hydrogens (tertiary/aromatic N) is 5. The summed E-state index contributed by atoms with van der Waals surface area (Å²) in [6.07, 6.45) is 7.33. The molecule has 0 bridgehead atoms. The average Bonchev–Trinajstić information content (AvgIpc) is 3.54. The molecule has 2 aliphatic rings. The van der Waals surface area contributed by atoms with E-state index in [9.17, 15) is 5.11 Å². The Bertz CT molecular complexity index is 1360. The molecular formula is C27H34N8O2S. The van der Waals surface area contributed by atoms with Gasteiger partial charge in [-0.2, -0.15) is 10.1 Å². The highest BCUT2D eigenvalue weighted by molar-refractivity contribution is 7.22. The minimum atomic E-state index is -0.198. The summed E-state index contributed by atoms with van der Waals surface area (Å²) in [5, 5.41) is 24.6. The third kappa shape index (κ3) is 5.96. The van der Waals surface area contributed by atoms with Gasteiger partial charge in [0.1, 0.15) is 5.82 Å². The van der Waals surface area contributed by atoms with E-state index < -0.39 is 0 Å². The monoisotopic (exact) mass is 534 g/mol. The van der Waals surface area contributed by atoms with E-state index in [0.717, 1.165) is 83.3 Å². The van der Waals surface area contributed by atoms with Crippen LogP contribution in [0.25, 0.3) is 21.3 Å². The summed E-state index contributed by atoms with van der Waals surface area (Å²) in [7, 11) is 0. The van der Waals surface area contributed by atoms with E-state index in [2.05, 4.69) is 51.7 Å². The van der Waals surface area contributed by atoms with Gasteiger partial charge < -0.3 is 20.5 Å². The van der Waals surface area contributed by atoms with Gasteiger partial charge in [0.15, 0.2) is 5.13 Å². The lowest BCUT2D eigenvalue weighted by atomic mass is 9.93. The molecule has 0 spiro atoms. The number of thiazole rings is 1. The molecule has 1 aliphatic carbocycles. The van der Waals surface area contributed by atoms with E-state index in [1.54, 1.807) is 11.3 Å². The molecule has 1 aromatic carbocycles. The molecule has 4 heterocycles. The van der Waals surface area contributed by atoms with Crippen LogP contribution >= 0.6 is 11.3 Å². The lowest BCUT2D eigenvalue weighted by Crippen LogP contribution is -2.45. The predicted octanol–water partition coefficient (Wildman–Crippen LogP) is 4.54. The van der Waals surface area contributed by atoms with Gasteiger partial charge in [-0.1, -0.05) is 17.4 Å². The number of aromatic amines is 1. The van der Waals surface area contributed by atoms with Gasteiger partial charge in [0.2, 0.25) is 5.95 Å². The van der Waals surface area contributed by atoms with Gasteiger partial charge in [0.05, 0.1) is 40.4 Å². The molecule has 1 saturated heterocycles. The van der Waals surface area contributed by atoms with Crippen molar-refractivity contribution in [2.45, 2.75) is 70.4 Å². The zero-order valence-corrected chi connectivity index (χ0v) is 22.5. The molecule has 2 fully saturated rings. The van der Waals surface area contributed by atoms with Crippen LogP contribution in [0.5, 0.6) is 0 Å². The molecule has 4 aromatic rings. The molecule has 200 valence electrons. The predicted molar refractivity (Wildman–Crippen MR) is 150 cm³/mol. The van der Waals surface area contributed by atoms with Crippen molar-refractivity contribution in [2.75, 3.05) is 23.7 Å². The molecule has 3 aromatic heterocycles. The van der Waals surface area contributed by atoms with Crippen molar-refractivity contribution in [1.82, 2.24) is 30.0 Å². The Kier molecular flexibility index (Phi) is 7.24. The summed E-state index contributed by atoms with van der Waals surface area (Å²) in [5.41, 5.74) is 4.04. The van der Waals surface area contributed by atoms with Crippen molar-refractivity contribution in [1.29, 1.82) is 0 Å². The number of aliphatic hydroxyl groups excluding tert-OH is 1. The summed E-state index contributed by atoms with van der Waals surface area (Å²) >= 11 is 1.60. The van der Waals surface area contributed by atoms with Crippen LogP contribution in [0.2, 0.25) is 0 Å². The standard InChI is InChI=1S/C27H34N8O2S/c1-16-13-35(14-17(2)37-16)15-21-10-25(33-26(31-21)30-20-4-6-22(36)7-5-20)34-27-32-23-8-3-18(9-24(23)38-27)19-11-28-29-12-19/h3,8-12,16-17,20,22,36H,4-7,13-15H2,1-2H3,(H,28,29)(H2,30,31,32,33,34)/t16-,17+,20-,22-. The van der Waals surface area contributed by atoms with E-state index in [4.69, 9.17) is 19.7 Å². The number of aliphatic hydroxyl groups is 1. The quantitative estimate of drug-likeness (QED) is 0.270. The van der Waals surface area contributed by atoms with E-state index in [-0.39, 0.29) is 24.4 Å². The average molecular weight is 535 g/mol. The first-order valence-corrected chi connectivity index (χ1v) is 14.2. The van der Waals surface area contributed by atoms with E-state index >= 15 is 0 Å². The fraction of sp³-hybridized carbons (Fsp3) is 0.481. The Morgan fingerprint density at radius 3 is 2.63 bits per heavy atom. The van der Waals surface area contributed by atoms with Crippen molar-refractivity contribution < 1.29 is 9.84 Å². The molecule has 0 unspecified atom stereocenters. The van der Waals surface area contributed by atoms with Crippen LogP contribution in [0.3, 0.4) is 0 Å². The second kappa shape index (κ2) is 10.9. The van der Waals surface area contributed by atoms with Crippen LogP contribution in [0.15, 0.2) is 36.7 Å². The summed E-state index contributed by atoms with van der Waals surface area (Å²) < 4.78 is 7.01. The molecule has 2 atom stereocenters. The minimum Gasteiger partial charge on any atom is -0.393 e. The summed E-state index contributed by atoms with van der Waals surface area (Å²) in [4.78, 5) is 16.9.